The molecule has 2 rings (SSSR count). The van der Waals surface area contributed by atoms with E-state index in [-0.39, 0.29) is 12.5 Å². The molecule has 0 spiro atoms. The predicted molar refractivity (Wildman–Crippen MR) is 81.4 cm³/mol. The predicted octanol–water partition coefficient (Wildman–Crippen LogP) is 3.17. The van der Waals surface area contributed by atoms with Crippen LogP contribution in [0, 0.1) is 0 Å². The SMILES string of the molecule is O=C(COc1cccc(C=NO)c1)Nc1ccccc1Cl. The van der Waals surface area contributed by atoms with Gasteiger partial charge in [-0.05, 0) is 29.8 Å². The van der Waals surface area contributed by atoms with Crippen LogP contribution in [0.5, 0.6) is 5.75 Å². The largest absolute Gasteiger partial charge is 0.484 e. The van der Waals surface area contributed by atoms with Gasteiger partial charge in [-0.25, -0.2) is 0 Å². The third-order valence-corrected chi connectivity index (χ3v) is 2.91. The molecule has 0 bridgehead atoms. The highest BCUT2D eigenvalue weighted by Crippen LogP contribution is 2.20. The van der Waals surface area contributed by atoms with Crippen LogP contribution in [0.3, 0.4) is 0 Å². The van der Waals surface area contributed by atoms with E-state index < -0.39 is 0 Å². The zero-order valence-corrected chi connectivity index (χ0v) is 11.7. The van der Waals surface area contributed by atoms with Crippen molar-refractivity contribution in [1.29, 1.82) is 0 Å². The smallest absolute Gasteiger partial charge is 0.262 e. The third-order valence-electron chi connectivity index (χ3n) is 2.58. The number of ether oxygens (including phenoxy) is 1. The van der Waals surface area contributed by atoms with Gasteiger partial charge in [-0.1, -0.05) is 41.0 Å². The van der Waals surface area contributed by atoms with Crippen molar-refractivity contribution < 1.29 is 14.7 Å². The number of anilines is 1. The van der Waals surface area contributed by atoms with Gasteiger partial charge in [0, 0.05) is 0 Å². The van der Waals surface area contributed by atoms with E-state index >= 15 is 0 Å². The molecule has 1 amide bonds. The van der Waals surface area contributed by atoms with Crippen LogP contribution in [-0.4, -0.2) is 23.9 Å². The number of halogens is 1. The minimum absolute atomic E-state index is 0.148. The average molecular weight is 305 g/mol. The molecule has 0 aromatic heterocycles. The van der Waals surface area contributed by atoms with Gasteiger partial charge >= 0.3 is 0 Å². The zero-order chi connectivity index (χ0) is 15.1. The molecule has 5 nitrogen and oxygen atoms in total. The Labute approximate surface area is 126 Å². The van der Waals surface area contributed by atoms with E-state index in [1.54, 1.807) is 48.5 Å². The molecule has 0 fully saturated rings. The Morgan fingerprint density at radius 1 is 1.29 bits per heavy atom. The summed E-state index contributed by atoms with van der Waals surface area (Å²) in [6.45, 7) is -0.148. The Morgan fingerprint density at radius 3 is 2.86 bits per heavy atom. The van der Waals surface area contributed by atoms with E-state index in [1.807, 2.05) is 0 Å². The third kappa shape index (κ3) is 4.50. The molecule has 0 atom stereocenters. The maximum absolute atomic E-state index is 11.8. The fourth-order valence-electron chi connectivity index (χ4n) is 1.65. The van der Waals surface area contributed by atoms with Crippen LogP contribution in [0.2, 0.25) is 5.02 Å². The Hall–Kier alpha value is -2.53. The van der Waals surface area contributed by atoms with Crippen molar-refractivity contribution in [1.82, 2.24) is 0 Å². The lowest BCUT2D eigenvalue weighted by Gasteiger charge is -2.09. The van der Waals surface area contributed by atoms with Crippen molar-refractivity contribution in [2.45, 2.75) is 0 Å². The van der Waals surface area contributed by atoms with Gasteiger partial charge in [0.1, 0.15) is 5.75 Å². The average Bonchev–Trinajstić information content (AvgIpc) is 2.48. The number of para-hydroxylation sites is 1. The van der Waals surface area contributed by atoms with Crippen LogP contribution >= 0.6 is 11.6 Å². The molecule has 0 saturated carbocycles. The van der Waals surface area contributed by atoms with Gasteiger partial charge in [0.15, 0.2) is 6.61 Å². The molecule has 108 valence electrons. The lowest BCUT2D eigenvalue weighted by atomic mass is 10.2. The molecule has 21 heavy (non-hydrogen) atoms. The van der Waals surface area contributed by atoms with E-state index in [0.29, 0.717) is 22.0 Å². The number of oxime groups is 1. The second-order valence-electron chi connectivity index (χ2n) is 4.13. The molecular formula is C15H13ClN2O3. The number of carbonyl (C=O) groups excluding carboxylic acids is 1. The molecule has 0 aliphatic rings. The number of carbonyl (C=O) groups is 1. The number of nitrogens with zero attached hydrogens (tertiary/aromatic N) is 1. The summed E-state index contributed by atoms with van der Waals surface area (Å²) in [5.41, 5.74) is 1.20. The maximum atomic E-state index is 11.8. The second-order valence-corrected chi connectivity index (χ2v) is 4.54. The number of rotatable bonds is 5. The van der Waals surface area contributed by atoms with Crippen LogP contribution < -0.4 is 10.1 Å². The summed E-state index contributed by atoms with van der Waals surface area (Å²) < 4.78 is 5.37. The number of benzene rings is 2. The van der Waals surface area contributed by atoms with Crippen molar-refractivity contribution >= 4 is 29.4 Å². The normalized spacial score (nSPS) is 10.5. The number of hydrogen-bond donors (Lipinski definition) is 2. The summed E-state index contributed by atoms with van der Waals surface area (Å²) in [5, 5.41) is 14.5. The van der Waals surface area contributed by atoms with Crippen molar-refractivity contribution in [2.75, 3.05) is 11.9 Å². The van der Waals surface area contributed by atoms with Gasteiger partial charge in [-0.2, -0.15) is 0 Å². The first-order valence-corrected chi connectivity index (χ1v) is 6.51. The topological polar surface area (TPSA) is 70.9 Å². The van der Waals surface area contributed by atoms with E-state index in [0.717, 1.165) is 0 Å². The standard InChI is InChI=1S/C15H13ClN2O3/c16-13-6-1-2-7-14(13)18-15(19)10-21-12-5-3-4-11(8-12)9-17-20/h1-9,20H,10H2,(H,18,19). The lowest BCUT2D eigenvalue weighted by molar-refractivity contribution is -0.118. The van der Waals surface area contributed by atoms with Gasteiger partial charge < -0.3 is 15.3 Å². The lowest BCUT2D eigenvalue weighted by Crippen LogP contribution is -2.20. The van der Waals surface area contributed by atoms with E-state index in [1.165, 1.54) is 6.21 Å². The van der Waals surface area contributed by atoms with E-state index in [9.17, 15) is 4.79 Å². The van der Waals surface area contributed by atoms with Gasteiger partial charge in [-0.3, -0.25) is 4.79 Å². The maximum Gasteiger partial charge on any atom is 0.262 e. The number of amides is 1. The first kappa shape index (κ1) is 14.9. The first-order chi connectivity index (χ1) is 10.2. The Bertz CT molecular complexity index is 659. The van der Waals surface area contributed by atoms with Crippen molar-refractivity contribution in [3.8, 4) is 5.75 Å². The molecule has 6 heteroatoms. The Morgan fingerprint density at radius 2 is 2.10 bits per heavy atom. The van der Waals surface area contributed by atoms with E-state index in [4.69, 9.17) is 21.5 Å². The van der Waals surface area contributed by atoms with Gasteiger partial charge in [0.25, 0.3) is 5.91 Å². The zero-order valence-electron chi connectivity index (χ0n) is 11.0. The van der Waals surface area contributed by atoms with Crippen LogP contribution in [-0.2, 0) is 4.79 Å². The molecular weight excluding hydrogens is 292 g/mol. The minimum Gasteiger partial charge on any atom is -0.484 e. The number of nitrogens with one attached hydrogen (secondary N) is 1. The van der Waals surface area contributed by atoms with Crippen molar-refractivity contribution in [3.05, 3.63) is 59.1 Å². The summed E-state index contributed by atoms with van der Waals surface area (Å²) in [6.07, 6.45) is 1.27. The molecule has 0 radical (unpaired) electrons. The van der Waals surface area contributed by atoms with Gasteiger partial charge in [-0.15, -0.1) is 0 Å². The second kappa shape index (κ2) is 7.31. The fraction of sp³-hybridized carbons (Fsp3) is 0.0667. The van der Waals surface area contributed by atoms with Gasteiger partial charge in [0.05, 0.1) is 16.9 Å². The van der Waals surface area contributed by atoms with Crippen molar-refractivity contribution in [2.24, 2.45) is 5.16 Å². The molecule has 2 N–H and O–H groups in total. The highest BCUT2D eigenvalue weighted by atomic mass is 35.5. The van der Waals surface area contributed by atoms with Crippen LogP contribution in [0.4, 0.5) is 5.69 Å². The molecule has 0 aliphatic heterocycles. The molecule has 2 aromatic rings. The quantitative estimate of drug-likeness (QED) is 0.506. The fourth-order valence-corrected chi connectivity index (χ4v) is 1.83. The van der Waals surface area contributed by atoms with Crippen LogP contribution in [0.25, 0.3) is 0 Å². The van der Waals surface area contributed by atoms with Gasteiger partial charge in [0.2, 0.25) is 0 Å². The summed E-state index contributed by atoms with van der Waals surface area (Å²) in [7, 11) is 0. The molecule has 0 heterocycles. The molecule has 0 aliphatic carbocycles. The molecule has 0 unspecified atom stereocenters. The molecule has 0 saturated heterocycles. The monoisotopic (exact) mass is 304 g/mol. The Kier molecular flexibility index (Phi) is 5.17. The summed E-state index contributed by atoms with van der Waals surface area (Å²) in [5.74, 6) is 0.186. The number of hydrogen-bond acceptors (Lipinski definition) is 4. The van der Waals surface area contributed by atoms with E-state index in [2.05, 4.69) is 10.5 Å². The highest BCUT2D eigenvalue weighted by molar-refractivity contribution is 6.33. The first-order valence-electron chi connectivity index (χ1n) is 6.14. The highest BCUT2D eigenvalue weighted by Gasteiger charge is 2.06. The summed E-state index contributed by atoms with van der Waals surface area (Å²) >= 11 is 5.95. The summed E-state index contributed by atoms with van der Waals surface area (Å²) in [4.78, 5) is 11.8. The van der Waals surface area contributed by atoms with Crippen molar-refractivity contribution in [3.63, 3.8) is 0 Å². The van der Waals surface area contributed by atoms with Crippen LogP contribution in [0.15, 0.2) is 53.7 Å². The Balaban J connectivity index is 1.92. The molecule has 2 aromatic carbocycles. The minimum atomic E-state index is -0.315. The van der Waals surface area contributed by atoms with Crippen LogP contribution in [0.1, 0.15) is 5.56 Å². The summed E-state index contributed by atoms with van der Waals surface area (Å²) in [6, 6.07) is 13.8.